The summed E-state index contributed by atoms with van der Waals surface area (Å²) in [5.41, 5.74) is 0. The highest BCUT2D eigenvalue weighted by Gasteiger charge is 2.48. The van der Waals surface area contributed by atoms with E-state index in [4.69, 9.17) is 0 Å². The third kappa shape index (κ3) is 0.720. The molecule has 1 heteroatoms. The molecule has 2 bridgehead atoms. The van der Waals surface area contributed by atoms with E-state index in [-0.39, 0.29) is 0 Å². The lowest BCUT2D eigenvalue weighted by molar-refractivity contribution is -0.127. The molecule has 0 radical (unpaired) electrons. The van der Waals surface area contributed by atoms with Crippen molar-refractivity contribution in [3.63, 3.8) is 0 Å². The summed E-state index contributed by atoms with van der Waals surface area (Å²) < 4.78 is 0. The number of hydrogen-bond acceptors (Lipinski definition) is 1. The van der Waals surface area contributed by atoms with Gasteiger partial charge in [-0.05, 0) is 37.0 Å². The molecule has 2 saturated carbocycles. The normalized spacial score (nSPS) is 49.8. The van der Waals surface area contributed by atoms with Gasteiger partial charge in [-0.1, -0.05) is 12.2 Å². The lowest BCUT2D eigenvalue weighted by Gasteiger charge is -2.30. The van der Waals surface area contributed by atoms with Gasteiger partial charge in [0.15, 0.2) is 0 Å². The standard InChI is InChI=1S/C11H14O/c12-10-3-1-2-9-7-4-5-8(6-7)11(9)10/h4-5,7-9,11H,1-3,6H2/t7-,8+,9-,11+/m1/s1. The van der Waals surface area contributed by atoms with Crippen LogP contribution < -0.4 is 0 Å². The minimum absolute atomic E-state index is 0.439. The maximum absolute atomic E-state index is 11.6. The topological polar surface area (TPSA) is 17.1 Å². The molecule has 0 amide bonds. The monoisotopic (exact) mass is 162 g/mol. The van der Waals surface area contributed by atoms with Crippen LogP contribution in [0.2, 0.25) is 0 Å². The van der Waals surface area contributed by atoms with E-state index in [1.165, 1.54) is 12.8 Å². The van der Waals surface area contributed by atoms with Crippen LogP contribution in [0.25, 0.3) is 0 Å². The van der Waals surface area contributed by atoms with Crippen LogP contribution in [0, 0.1) is 23.7 Å². The Morgan fingerprint density at radius 1 is 1.25 bits per heavy atom. The molecule has 3 aliphatic rings. The van der Waals surface area contributed by atoms with Gasteiger partial charge in [-0.3, -0.25) is 4.79 Å². The molecular formula is C11H14O. The first-order valence-corrected chi connectivity index (χ1v) is 5.07. The fourth-order valence-electron chi connectivity index (χ4n) is 3.47. The van der Waals surface area contributed by atoms with E-state index in [1.54, 1.807) is 0 Å². The minimum Gasteiger partial charge on any atom is -0.299 e. The summed E-state index contributed by atoms with van der Waals surface area (Å²) >= 11 is 0. The van der Waals surface area contributed by atoms with Crippen LogP contribution in [0.1, 0.15) is 25.7 Å². The molecule has 3 aliphatic carbocycles. The minimum atomic E-state index is 0.439. The number of allylic oxidation sites excluding steroid dienone is 2. The van der Waals surface area contributed by atoms with Crippen molar-refractivity contribution in [1.82, 2.24) is 0 Å². The summed E-state index contributed by atoms with van der Waals surface area (Å²) in [6, 6.07) is 0. The van der Waals surface area contributed by atoms with Crippen LogP contribution >= 0.6 is 0 Å². The Hall–Kier alpha value is -0.590. The molecule has 64 valence electrons. The van der Waals surface area contributed by atoms with Gasteiger partial charge in [0.05, 0.1) is 0 Å². The van der Waals surface area contributed by atoms with Gasteiger partial charge in [0.2, 0.25) is 0 Å². The Labute approximate surface area is 72.8 Å². The van der Waals surface area contributed by atoms with E-state index in [2.05, 4.69) is 12.2 Å². The van der Waals surface area contributed by atoms with Crippen LogP contribution in [0.4, 0.5) is 0 Å². The van der Waals surface area contributed by atoms with Crippen molar-refractivity contribution in [3.8, 4) is 0 Å². The Balaban J connectivity index is 1.97. The highest BCUT2D eigenvalue weighted by atomic mass is 16.1. The zero-order valence-electron chi connectivity index (χ0n) is 7.20. The quantitative estimate of drug-likeness (QED) is 0.499. The number of carbonyl (C=O) groups excluding carboxylic acids is 1. The van der Waals surface area contributed by atoms with Crippen LogP contribution in [0.3, 0.4) is 0 Å². The zero-order valence-corrected chi connectivity index (χ0v) is 7.20. The largest absolute Gasteiger partial charge is 0.299 e. The molecule has 4 atom stereocenters. The first-order valence-electron chi connectivity index (χ1n) is 5.07. The van der Waals surface area contributed by atoms with Gasteiger partial charge < -0.3 is 0 Å². The van der Waals surface area contributed by atoms with Gasteiger partial charge in [-0.25, -0.2) is 0 Å². The Bertz CT molecular complexity index is 254. The third-order valence-corrected chi connectivity index (χ3v) is 3.95. The molecule has 0 aromatic heterocycles. The van der Waals surface area contributed by atoms with Crippen molar-refractivity contribution < 1.29 is 4.79 Å². The second-order valence-corrected chi connectivity index (χ2v) is 4.50. The van der Waals surface area contributed by atoms with E-state index < -0.39 is 0 Å². The number of Topliss-reactive ketones (excluding diaryl/α,β-unsaturated/α-hetero) is 1. The van der Waals surface area contributed by atoms with Gasteiger partial charge in [0.1, 0.15) is 5.78 Å². The number of hydrogen-bond donors (Lipinski definition) is 0. The lowest BCUT2D eigenvalue weighted by Crippen LogP contribution is -2.31. The zero-order chi connectivity index (χ0) is 8.13. The maximum Gasteiger partial charge on any atom is 0.136 e. The van der Waals surface area contributed by atoms with E-state index in [1.807, 2.05) is 0 Å². The number of carbonyl (C=O) groups is 1. The highest BCUT2D eigenvalue weighted by molar-refractivity contribution is 5.83. The SMILES string of the molecule is O=C1CCC[C@H]2[C@@H]1[C@H]1C=C[C@@H]2C1. The number of ketones is 1. The van der Waals surface area contributed by atoms with E-state index in [0.717, 1.165) is 24.7 Å². The Kier molecular flexibility index (Phi) is 1.27. The van der Waals surface area contributed by atoms with Crippen molar-refractivity contribution in [2.24, 2.45) is 23.7 Å². The highest BCUT2D eigenvalue weighted by Crippen LogP contribution is 2.52. The summed E-state index contributed by atoms with van der Waals surface area (Å²) in [5.74, 6) is 3.13. The molecule has 1 nitrogen and oxygen atoms in total. The molecule has 0 aromatic rings. The van der Waals surface area contributed by atoms with E-state index >= 15 is 0 Å². The molecule has 0 saturated heterocycles. The molecule has 3 rings (SSSR count). The van der Waals surface area contributed by atoms with E-state index in [9.17, 15) is 4.79 Å². The predicted molar refractivity (Wildman–Crippen MR) is 46.6 cm³/mol. The molecule has 0 heterocycles. The summed E-state index contributed by atoms with van der Waals surface area (Å²) in [6.45, 7) is 0. The smallest absolute Gasteiger partial charge is 0.136 e. The summed E-state index contributed by atoms with van der Waals surface area (Å²) in [4.78, 5) is 11.6. The molecule has 0 N–H and O–H groups in total. The molecule has 0 unspecified atom stereocenters. The predicted octanol–water partition coefficient (Wildman–Crippen LogP) is 2.18. The summed E-state index contributed by atoms with van der Waals surface area (Å²) in [5, 5.41) is 0. The van der Waals surface area contributed by atoms with Crippen LogP contribution in [-0.4, -0.2) is 5.78 Å². The second kappa shape index (κ2) is 2.21. The van der Waals surface area contributed by atoms with Crippen molar-refractivity contribution in [2.75, 3.05) is 0 Å². The summed E-state index contributed by atoms with van der Waals surface area (Å²) in [6.07, 6.45) is 9.23. The van der Waals surface area contributed by atoms with Crippen molar-refractivity contribution in [3.05, 3.63) is 12.2 Å². The molecule has 12 heavy (non-hydrogen) atoms. The maximum atomic E-state index is 11.6. The average molecular weight is 162 g/mol. The van der Waals surface area contributed by atoms with Crippen LogP contribution in [0.15, 0.2) is 12.2 Å². The van der Waals surface area contributed by atoms with Gasteiger partial charge >= 0.3 is 0 Å². The van der Waals surface area contributed by atoms with Gasteiger partial charge in [-0.15, -0.1) is 0 Å². The Morgan fingerprint density at radius 3 is 2.92 bits per heavy atom. The fraction of sp³-hybridized carbons (Fsp3) is 0.727. The first kappa shape index (κ1) is 6.88. The van der Waals surface area contributed by atoms with Gasteiger partial charge in [0.25, 0.3) is 0 Å². The fourth-order valence-corrected chi connectivity index (χ4v) is 3.47. The Morgan fingerprint density at radius 2 is 2.08 bits per heavy atom. The molecular weight excluding hydrogens is 148 g/mol. The lowest BCUT2D eigenvalue weighted by atomic mass is 9.73. The second-order valence-electron chi connectivity index (χ2n) is 4.50. The van der Waals surface area contributed by atoms with Crippen molar-refractivity contribution >= 4 is 5.78 Å². The van der Waals surface area contributed by atoms with Gasteiger partial charge in [-0.2, -0.15) is 0 Å². The van der Waals surface area contributed by atoms with Crippen molar-refractivity contribution in [2.45, 2.75) is 25.7 Å². The van der Waals surface area contributed by atoms with Crippen LogP contribution in [-0.2, 0) is 4.79 Å². The van der Waals surface area contributed by atoms with Crippen molar-refractivity contribution in [1.29, 1.82) is 0 Å². The summed E-state index contributed by atoms with van der Waals surface area (Å²) in [7, 11) is 0. The van der Waals surface area contributed by atoms with Crippen LogP contribution in [0.5, 0.6) is 0 Å². The number of fused-ring (bicyclic) bond motifs is 5. The number of rotatable bonds is 0. The third-order valence-electron chi connectivity index (χ3n) is 3.95. The first-order chi connectivity index (χ1) is 5.86. The molecule has 0 aromatic carbocycles. The molecule has 0 aliphatic heterocycles. The average Bonchev–Trinajstić information content (AvgIpc) is 2.64. The molecule has 2 fully saturated rings. The molecule has 0 spiro atoms. The van der Waals surface area contributed by atoms with Gasteiger partial charge in [0, 0.05) is 12.3 Å². The van der Waals surface area contributed by atoms with E-state index in [0.29, 0.717) is 17.6 Å².